The number of benzene rings is 8. The maximum absolute atomic E-state index is 5.27. The van der Waals surface area contributed by atoms with Crippen LogP contribution < -0.4 is 4.90 Å². The minimum absolute atomic E-state index is 0.869. The van der Waals surface area contributed by atoms with Gasteiger partial charge in [-0.3, -0.25) is 0 Å². The Morgan fingerprint density at radius 2 is 0.981 bits per heavy atom. The summed E-state index contributed by atoms with van der Waals surface area (Å²) in [5.41, 5.74) is 12.4. The quantitative estimate of drug-likeness (QED) is 0.177. The molecule has 8 aromatic carbocycles. The molecule has 4 nitrogen and oxygen atoms in total. The van der Waals surface area contributed by atoms with Crippen molar-refractivity contribution in [1.82, 2.24) is 14.5 Å². The van der Waals surface area contributed by atoms with Crippen LogP contribution in [0, 0.1) is 0 Å². The third-order valence-electron chi connectivity index (χ3n) is 9.96. The molecule has 52 heavy (non-hydrogen) atoms. The highest BCUT2D eigenvalue weighted by Crippen LogP contribution is 2.44. The molecule has 10 aromatic rings. The predicted octanol–water partition coefficient (Wildman–Crippen LogP) is 12.7. The summed E-state index contributed by atoms with van der Waals surface area (Å²) < 4.78 is 2.36. The van der Waals surface area contributed by atoms with Gasteiger partial charge >= 0.3 is 0 Å². The van der Waals surface area contributed by atoms with Crippen molar-refractivity contribution >= 4 is 60.7 Å². The highest BCUT2D eigenvalue weighted by atomic mass is 15.1. The molecule has 2 aromatic heterocycles. The van der Waals surface area contributed by atoms with Crippen LogP contribution in [0.2, 0.25) is 0 Å². The predicted molar refractivity (Wildman–Crippen MR) is 217 cm³/mol. The molecule has 10 rings (SSSR count). The molecule has 0 aliphatic heterocycles. The van der Waals surface area contributed by atoms with Crippen molar-refractivity contribution in [3.05, 3.63) is 194 Å². The molecular formula is C48H32N4. The second kappa shape index (κ2) is 12.4. The monoisotopic (exact) mass is 664 g/mol. The van der Waals surface area contributed by atoms with Crippen molar-refractivity contribution < 1.29 is 0 Å². The van der Waals surface area contributed by atoms with E-state index in [2.05, 4.69) is 173 Å². The van der Waals surface area contributed by atoms with Gasteiger partial charge < -0.3 is 9.47 Å². The minimum atomic E-state index is 0.869. The molecule has 2 heterocycles. The molecule has 0 amide bonds. The van der Waals surface area contributed by atoms with E-state index in [1.165, 1.54) is 21.8 Å². The second-order valence-corrected chi connectivity index (χ2v) is 13.0. The lowest BCUT2D eigenvalue weighted by molar-refractivity contribution is 1.18. The van der Waals surface area contributed by atoms with Gasteiger partial charge in [0.1, 0.15) is 0 Å². The molecular weight excluding hydrogens is 633 g/mol. The molecule has 0 spiro atoms. The Morgan fingerprint density at radius 3 is 1.77 bits per heavy atom. The number of aromatic nitrogens is 3. The molecule has 0 bridgehead atoms. The van der Waals surface area contributed by atoms with Crippen LogP contribution in [-0.2, 0) is 0 Å². The molecule has 0 saturated heterocycles. The summed E-state index contributed by atoms with van der Waals surface area (Å²) in [4.78, 5) is 12.8. The molecule has 0 aliphatic carbocycles. The number of fused-ring (bicyclic) bond motifs is 5. The molecule has 0 radical (unpaired) electrons. The normalized spacial score (nSPS) is 11.5. The molecule has 4 heteroatoms. The van der Waals surface area contributed by atoms with Crippen molar-refractivity contribution in [3.8, 4) is 28.2 Å². The van der Waals surface area contributed by atoms with Gasteiger partial charge in [-0.15, -0.1) is 0 Å². The van der Waals surface area contributed by atoms with E-state index < -0.39 is 0 Å². The first-order valence-corrected chi connectivity index (χ1v) is 17.6. The smallest absolute Gasteiger partial charge is 0.0979 e. The number of rotatable bonds is 6. The zero-order valence-corrected chi connectivity index (χ0v) is 28.3. The molecule has 244 valence electrons. The van der Waals surface area contributed by atoms with Crippen LogP contribution in [0.3, 0.4) is 0 Å². The topological polar surface area (TPSA) is 34.0 Å². The number of hydrogen-bond donors (Lipinski definition) is 0. The third-order valence-corrected chi connectivity index (χ3v) is 9.96. The van der Waals surface area contributed by atoms with Gasteiger partial charge in [-0.25, -0.2) is 9.97 Å². The molecule has 0 saturated carbocycles. The zero-order valence-electron chi connectivity index (χ0n) is 28.3. The van der Waals surface area contributed by atoms with Crippen LogP contribution in [0.1, 0.15) is 0 Å². The lowest BCUT2D eigenvalue weighted by atomic mass is 9.96. The van der Waals surface area contributed by atoms with E-state index in [-0.39, 0.29) is 0 Å². The Labute approximate surface area is 301 Å². The molecule has 0 N–H and O–H groups in total. The highest BCUT2D eigenvalue weighted by Gasteiger charge is 2.21. The van der Waals surface area contributed by atoms with Crippen LogP contribution >= 0.6 is 0 Å². The summed E-state index contributed by atoms with van der Waals surface area (Å²) in [7, 11) is 0. The van der Waals surface area contributed by atoms with E-state index in [9.17, 15) is 0 Å². The van der Waals surface area contributed by atoms with Gasteiger partial charge in [0.2, 0.25) is 0 Å². The molecule has 0 aliphatic rings. The van der Waals surface area contributed by atoms with E-state index in [0.717, 1.165) is 67.1 Å². The Balaban J connectivity index is 1.21. The van der Waals surface area contributed by atoms with Gasteiger partial charge in [0.25, 0.3) is 0 Å². The largest absolute Gasteiger partial charge is 0.310 e. The molecule has 0 fully saturated rings. The number of nitrogens with zero attached hydrogens (tertiary/aromatic N) is 4. The highest BCUT2D eigenvalue weighted by molar-refractivity contribution is 6.12. The first-order chi connectivity index (χ1) is 25.8. The van der Waals surface area contributed by atoms with Crippen molar-refractivity contribution in [2.24, 2.45) is 0 Å². The van der Waals surface area contributed by atoms with Crippen LogP contribution in [0.25, 0.3) is 71.8 Å². The summed E-state index contributed by atoms with van der Waals surface area (Å²) in [6.45, 7) is 0. The van der Waals surface area contributed by atoms with Gasteiger partial charge in [-0.05, 0) is 72.1 Å². The van der Waals surface area contributed by atoms with Crippen LogP contribution in [-0.4, -0.2) is 14.5 Å². The van der Waals surface area contributed by atoms with Gasteiger partial charge in [0.05, 0.1) is 39.1 Å². The van der Waals surface area contributed by atoms with E-state index >= 15 is 0 Å². The van der Waals surface area contributed by atoms with Crippen LogP contribution in [0.5, 0.6) is 0 Å². The standard InChI is InChI=1S/C48H32N4/c1-4-16-33(17-5-1)47-48(50-43-27-12-11-26-42(43)49-47)40-25-14-24-38-37(40)23-15-29-44(38)51(34-18-6-2-7-19-34)36-30-31-46-41(32-36)39-22-10-13-28-45(39)52(46)35-20-8-3-9-21-35/h1-32H. The molecule has 0 atom stereocenters. The zero-order chi connectivity index (χ0) is 34.4. The van der Waals surface area contributed by atoms with E-state index in [1.54, 1.807) is 0 Å². The SMILES string of the molecule is c1ccc(-c2nc3ccccc3nc2-c2cccc3c(N(c4ccccc4)c4ccc5c(c4)c4ccccc4n5-c4ccccc4)cccc23)cc1. The first kappa shape index (κ1) is 29.8. The average Bonchev–Trinajstić information content (AvgIpc) is 3.55. The van der Waals surface area contributed by atoms with Gasteiger partial charge in [0, 0.05) is 44.3 Å². The molecule has 0 unspecified atom stereocenters. The van der Waals surface area contributed by atoms with Crippen molar-refractivity contribution in [2.75, 3.05) is 4.90 Å². The summed E-state index contributed by atoms with van der Waals surface area (Å²) in [6, 6.07) is 68.4. The van der Waals surface area contributed by atoms with Crippen LogP contribution in [0.4, 0.5) is 17.1 Å². The Hall–Kier alpha value is -7.04. The second-order valence-electron chi connectivity index (χ2n) is 13.0. The van der Waals surface area contributed by atoms with E-state index in [0.29, 0.717) is 0 Å². The Kier molecular flexibility index (Phi) is 7.10. The minimum Gasteiger partial charge on any atom is -0.310 e. The lowest BCUT2D eigenvalue weighted by Crippen LogP contribution is -2.10. The lowest BCUT2D eigenvalue weighted by Gasteiger charge is -2.27. The average molecular weight is 665 g/mol. The van der Waals surface area contributed by atoms with Gasteiger partial charge in [0.15, 0.2) is 0 Å². The summed E-state index contributed by atoms with van der Waals surface area (Å²) >= 11 is 0. The summed E-state index contributed by atoms with van der Waals surface area (Å²) in [5.74, 6) is 0. The fourth-order valence-electron chi connectivity index (χ4n) is 7.64. The first-order valence-electron chi connectivity index (χ1n) is 17.6. The van der Waals surface area contributed by atoms with Crippen molar-refractivity contribution in [3.63, 3.8) is 0 Å². The van der Waals surface area contributed by atoms with Crippen molar-refractivity contribution in [2.45, 2.75) is 0 Å². The fraction of sp³-hybridized carbons (Fsp3) is 0. The van der Waals surface area contributed by atoms with Crippen LogP contribution in [0.15, 0.2) is 194 Å². The van der Waals surface area contributed by atoms with Gasteiger partial charge in [-0.2, -0.15) is 0 Å². The number of para-hydroxylation sites is 5. The Morgan fingerprint density at radius 1 is 0.385 bits per heavy atom. The fourth-order valence-corrected chi connectivity index (χ4v) is 7.64. The van der Waals surface area contributed by atoms with Gasteiger partial charge in [-0.1, -0.05) is 127 Å². The Bertz CT molecular complexity index is 2900. The van der Waals surface area contributed by atoms with E-state index in [1.807, 2.05) is 30.3 Å². The maximum Gasteiger partial charge on any atom is 0.0979 e. The summed E-state index contributed by atoms with van der Waals surface area (Å²) in [6.07, 6.45) is 0. The summed E-state index contributed by atoms with van der Waals surface area (Å²) in [5, 5.41) is 4.67. The third kappa shape index (κ3) is 4.92. The number of hydrogen-bond acceptors (Lipinski definition) is 3. The van der Waals surface area contributed by atoms with E-state index in [4.69, 9.17) is 9.97 Å². The number of anilines is 3. The maximum atomic E-state index is 5.27. The van der Waals surface area contributed by atoms with Crippen molar-refractivity contribution in [1.29, 1.82) is 0 Å².